The highest BCUT2D eigenvalue weighted by Gasteiger charge is 2.29. The van der Waals surface area contributed by atoms with Gasteiger partial charge in [0.2, 0.25) is 0 Å². The fourth-order valence-corrected chi connectivity index (χ4v) is 1.94. The Morgan fingerprint density at radius 3 is 2.67 bits per heavy atom. The molecular formula is C12H16BO2. The molecule has 1 radical (unpaired) electrons. The zero-order valence-electron chi connectivity index (χ0n) is 9.22. The molecule has 0 saturated carbocycles. The van der Waals surface area contributed by atoms with E-state index in [1.165, 1.54) is 5.56 Å². The average molecular weight is 203 g/mol. The van der Waals surface area contributed by atoms with Crippen molar-refractivity contribution in [3.63, 3.8) is 0 Å². The zero-order valence-corrected chi connectivity index (χ0v) is 9.22. The molecule has 1 aromatic carbocycles. The van der Waals surface area contributed by atoms with E-state index < -0.39 is 0 Å². The van der Waals surface area contributed by atoms with Gasteiger partial charge < -0.3 is 9.47 Å². The van der Waals surface area contributed by atoms with E-state index >= 15 is 0 Å². The number of hydrogen-bond donors (Lipinski definition) is 0. The largest absolute Gasteiger partial charge is 0.380 e. The third-order valence-corrected chi connectivity index (χ3v) is 2.94. The van der Waals surface area contributed by atoms with Crippen molar-refractivity contribution >= 4 is 7.28 Å². The van der Waals surface area contributed by atoms with Gasteiger partial charge in [0.15, 0.2) is 7.28 Å². The second-order valence-electron chi connectivity index (χ2n) is 3.99. The first-order chi connectivity index (χ1) is 7.31. The third kappa shape index (κ3) is 2.41. The van der Waals surface area contributed by atoms with Crippen molar-refractivity contribution in [1.29, 1.82) is 0 Å². The first-order valence-electron chi connectivity index (χ1n) is 5.35. The second kappa shape index (κ2) is 4.82. The minimum Gasteiger partial charge on any atom is -0.380 e. The number of hydrogen-bond acceptors (Lipinski definition) is 2. The Labute approximate surface area is 91.8 Å². The minimum absolute atomic E-state index is 0.118. The molecule has 79 valence electrons. The zero-order chi connectivity index (χ0) is 10.7. The molecule has 0 aliphatic carbocycles. The number of ether oxygens (including phenoxy) is 2. The molecule has 0 amide bonds. The van der Waals surface area contributed by atoms with Crippen molar-refractivity contribution in [3.05, 3.63) is 35.9 Å². The molecule has 15 heavy (non-hydrogen) atoms. The molecule has 3 atom stereocenters. The monoisotopic (exact) mass is 203 g/mol. The molecule has 0 N–H and O–H groups in total. The molecule has 3 unspecified atom stereocenters. The Hall–Kier alpha value is -0.795. The fraction of sp³-hybridized carbons (Fsp3) is 0.500. The summed E-state index contributed by atoms with van der Waals surface area (Å²) in [5.74, 6) is 0.439. The fourth-order valence-electron chi connectivity index (χ4n) is 1.94. The van der Waals surface area contributed by atoms with Gasteiger partial charge in [-0.05, 0) is 11.4 Å². The van der Waals surface area contributed by atoms with E-state index in [0.717, 1.165) is 0 Å². The summed E-state index contributed by atoms with van der Waals surface area (Å²) in [6.07, 6.45) is 0.199. The molecule has 3 heteroatoms. The van der Waals surface area contributed by atoms with Gasteiger partial charge in [-0.25, -0.2) is 0 Å². The molecule has 2 rings (SSSR count). The lowest BCUT2D eigenvalue weighted by atomic mass is 9.55. The van der Waals surface area contributed by atoms with Crippen LogP contribution in [-0.4, -0.2) is 27.1 Å². The topological polar surface area (TPSA) is 18.5 Å². The molecule has 1 heterocycles. The van der Waals surface area contributed by atoms with Gasteiger partial charge in [0.05, 0.1) is 12.7 Å². The van der Waals surface area contributed by atoms with E-state index in [-0.39, 0.29) is 12.1 Å². The van der Waals surface area contributed by atoms with Crippen molar-refractivity contribution in [1.82, 2.24) is 0 Å². The van der Waals surface area contributed by atoms with Crippen molar-refractivity contribution < 1.29 is 9.47 Å². The Bertz CT molecular complexity index is 302. The van der Waals surface area contributed by atoms with Gasteiger partial charge in [-0.1, -0.05) is 37.3 Å². The van der Waals surface area contributed by atoms with E-state index in [1.54, 1.807) is 7.11 Å². The van der Waals surface area contributed by atoms with Gasteiger partial charge >= 0.3 is 0 Å². The van der Waals surface area contributed by atoms with Crippen molar-refractivity contribution in [2.75, 3.05) is 13.7 Å². The molecule has 1 aliphatic heterocycles. The summed E-state index contributed by atoms with van der Waals surface area (Å²) in [5, 5.41) is 0. The van der Waals surface area contributed by atoms with Crippen LogP contribution in [0.4, 0.5) is 0 Å². The van der Waals surface area contributed by atoms with Crippen molar-refractivity contribution in [3.8, 4) is 0 Å². The van der Waals surface area contributed by atoms with E-state index in [4.69, 9.17) is 9.47 Å². The SMILES string of the molecule is COC1COC(c2ccccc2)[B]C1C. The first-order valence-corrected chi connectivity index (χ1v) is 5.35. The summed E-state index contributed by atoms with van der Waals surface area (Å²) in [7, 11) is 3.95. The van der Waals surface area contributed by atoms with Crippen LogP contribution in [-0.2, 0) is 9.47 Å². The number of benzene rings is 1. The molecule has 0 spiro atoms. The number of rotatable bonds is 2. The Morgan fingerprint density at radius 1 is 1.33 bits per heavy atom. The average Bonchev–Trinajstić information content (AvgIpc) is 2.30. The highest BCUT2D eigenvalue weighted by Crippen LogP contribution is 2.29. The van der Waals surface area contributed by atoms with E-state index in [1.807, 2.05) is 18.2 Å². The van der Waals surface area contributed by atoms with Crippen LogP contribution in [0.2, 0.25) is 5.82 Å². The van der Waals surface area contributed by atoms with Gasteiger partial charge in [0.1, 0.15) is 0 Å². The van der Waals surface area contributed by atoms with Gasteiger partial charge in [-0.2, -0.15) is 0 Å². The summed E-state index contributed by atoms with van der Waals surface area (Å²) < 4.78 is 11.1. The highest BCUT2D eigenvalue weighted by molar-refractivity contribution is 6.39. The Kier molecular flexibility index (Phi) is 3.44. The van der Waals surface area contributed by atoms with Gasteiger partial charge in [0, 0.05) is 13.1 Å². The quantitative estimate of drug-likeness (QED) is 0.686. The van der Waals surface area contributed by atoms with Crippen LogP contribution in [0.3, 0.4) is 0 Å². The molecule has 2 nitrogen and oxygen atoms in total. The van der Waals surface area contributed by atoms with Crippen LogP contribution in [0.1, 0.15) is 18.5 Å². The van der Waals surface area contributed by atoms with E-state index in [9.17, 15) is 0 Å². The van der Waals surface area contributed by atoms with Crippen LogP contribution in [0.5, 0.6) is 0 Å². The molecule has 1 aromatic rings. The van der Waals surface area contributed by atoms with Crippen LogP contribution in [0.15, 0.2) is 30.3 Å². The highest BCUT2D eigenvalue weighted by atomic mass is 16.5. The molecule has 0 bridgehead atoms. The molecular weight excluding hydrogens is 187 g/mol. The molecule has 1 saturated heterocycles. The standard InChI is InChI=1S/C12H16BO2/c1-9-11(14-2)8-15-12(13-9)10-6-4-3-5-7-10/h3-7,9,11-12H,8H2,1-2H3. The van der Waals surface area contributed by atoms with Gasteiger partial charge in [-0.3, -0.25) is 0 Å². The second-order valence-corrected chi connectivity index (χ2v) is 3.99. The number of methoxy groups -OCH3 is 1. The van der Waals surface area contributed by atoms with Crippen molar-refractivity contribution in [2.24, 2.45) is 0 Å². The van der Waals surface area contributed by atoms with Crippen LogP contribution in [0, 0.1) is 0 Å². The first kappa shape index (κ1) is 10.7. The minimum atomic E-state index is 0.118. The van der Waals surface area contributed by atoms with Crippen molar-refractivity contribution in [2.45, 2.75) is 24.8 Å². The maximum Gasteiger partial charge on any atom is 0.162 e. The predicted octanol–water partition coefficient (Wildman–Crippen LogP) is 2.24. The summed E-state index contributed by atoms with van der Waals surface area (Å²) >= 11 is 0. The summed E-state index contributed by atoms with van der Waals surface area (Å²) in [6, 6.07) is 10.4. The maximum atomic E-state index is 5.76. The lowest BCUT2D eigenvalue weighted by Crippen LogP contribution is -2.36. The third-order valence-electron chi connectivity index (χ3n) is 2.94. The Morgan fingerprint density at radius 2 is 2.07 bits per heavy atom. The van der Waals surface area contributed by atoms with Crippen LogP contribution in [0.25, 0.3) is 0 Å². The molecule has 0 aromatic heterocycles. The Balaban J connectivity index is 2.03. The van der Waals surface area contributed by atoms with E-state index in [2.05, 4.69) is 26.3 Å². The van der Waals surface area contributed by atoms with Gasteiger partial charge in [-0.15, -0.1) is 0 Å². The normalized spacial score (nSPS) is 30.9. The van der Waals surface area contributed by atoms with Gasteiger partial charge in [0.25, 0.3) is 0 Å². The lowest BCUT2D eigenvalue weighted by molar-refractivity contribution is -0.0221. The maximum absolute atomic E-state index is 5.76. The van der Waals surface area contributed by atoms with E-state index in [0.29, 0.717) is 12.4 Å². The van der Waals surface area contributed by atoms with Crippen LogP contribution < -0.4 is 0 Å². The lowest BCUT2D eigenvalue weighted by Gasteiger charge is -2.33. The summed E-state index contributed by atoms with van der Waals surface area (Å²) in [5.41, 5.74) is 1.22. The summed E-state index contributed by atoms with van der Waals surface area (Å²) in [6.45, 7) is 2.85. The smallest absolute Gasteiger partial charge is 0.162 e. The van der Waals surface area contributed by atoms with Crippen LogP contribution >= 0.6 is 0 Å². The predicted molar refractivity (Wildman–Crippen MR) is 61.1 cm³/mol. The molecule has 1 fully saturated rings. The summed E-state index contributed by atoms with van der Waals surface area (Å²) in [4.78, 5) is 0. The molecule has 1 aliphatic rings.